The molecule has 1 unspecified atom stereocenters. The summed E-state index contributed by atoms with van der Waals surface area (Å²) < 4.78 is 0. The molecule has 0 bridgehead atoms. The summed E-state index contributed by atoms with van der Waals surface area (Å²) in [5.74, 6) is 0.728. The zero-order chi connectivity index (χ0) is 11.9. The van der Waals surface area contributed by atoms with E-state index >= 15 is 0 Å². The maximum atomic E-state index is 4.27. The molecule has 1 N–H and O–H groups in total. The van der Waals surface area contributed by atoms with Gasteiger partial charge in [0.15, 0.2) is 0 Å². The summed E-state index contributed by atoms with van der Waals surface area (Å²) >= 11 is 1.67. The highest BCUT2D eigenvalue weighted by Gasteiger charge is 2.12. The van der Waals surface area contributed by atoms with Crippen molar-refractivity contribution in [2.45, 2.75) is 32.7 Å². The van der Waals surface area contributed by atoms with Crippen molar-refractivity contribution in [2.24, 2.45) is 5.92 Å². The Labute approximate surface area is 108 Å². The summed E-state index contributed by atoms with van der Waals surface area (Å²) in [5, 5.41) is 5.61. The molecule has 2 heterocycles. The van der Waals surface area contributed by atoms with Gasteiger partial charge in [-0.2, -0.15) is 0 Å². The molecule has 2 rings (SSSR count). The number of nitrogens with zero attached hydrogens (tertiary/aromatic N) is 2. The molecule has 1 aliphatic rings. The third-order valence-corrected chi connectivity index (χ3v) is 3.94. The molecule has 17 heavy (non-hydrogen) atoms. The number of hydrogen-bond donors (Lipinski definition) is 1. The molecule has 3 nitrogen and oxygen atoms in total. The Kier molecular flexibility index (Phi) is 5.42. The van der Waals surface area contributed by atoms with Gasteiger partial charge in [0, 0.05) is 18.5 Å². The molecule has 1 aromatic heterocycles. The fourth-order valence-electron chi connectivity index (χ4n) is 2.42. The van der Waals surface area contributed by atoms with Crippen molar-refractivity contribution >= 4 is 11.3 Å². The number of hydrogen-bond acceptors (Lipinski definition) is 4. The van der Waals surface area contributed by atoms with E-state index in [1.54, 1.807) is 11.3 Å². The third-order valence-electron chi connectivity index (χ3n) is 3.30. The van der Waals surface area contributed by atoms with Gasteiger partial charge >= 0.3 is 0 Å². The first-order valence-electron chi connectivity index (χ1n) is 6.65. The van der Waals surface area contributed by atoms with Gasteiger partial charge in [-0.15, -0.1) is 11.3 Å². The minimum absolute atomic E-state index is 0.728. The van der Waals surface area contributed by atoms with Crippen molar-refractivity contribution in [1.29, 1.82) is 0 Å². The highest BCUT2D eigenvalue weighted by molar-refractivity contribution is 7.07. The highest BCUT2D eigenvalue weighted by atomic mass is 32.1. The SMILES string of the molecule is CC(CNCc1cscn1)CN1CCCCC1. The van der Waals surface area contributed by atoms with E-state index in [1.165, 1.54) is 44.6 Å². The minimum atomic E-state index is 0.728. The molecule has 0 radical (unpaired) electrons. The molecule has 0 spiro atoms. The topological polar surface area (TPSA) is 28.2 Å². The average Bonchev–Trinajstić information content (AvgIpc) is 2.83. The van der Waals surface area contributed by atoms with E-state index in [4.69, 9.17) is 0 Å². The quantitative estimate of drug-likeness (QED) is 0.843. The second kappa shape index (κ2) is 7.09. The maximum Gasteiger partial charge on any atom is 0.0795 e. The molecule has 1 atom stereocenters. The van der Waals surface area contributed by atoms with Crippen LogP contribution in [0.2, 0.25) is 0 Å². The lowest BCUT2D eigenvalue weighted by Crippen LogP contribution is -2.36. The zero-order valence-corrected chi connectivity index (χ0v) is 11.5. The molecule has 1 saturated heterocycles. The molecule has 1 aromatic rings. The molecule has 4 heteroatoms. The van der Waals surface area contributed by atoms with Crippen molar-refractivity contribution < 1.29 is 0 Å². The van der Waals surface area contributed by atoms with E-state index in [9.17, 15) is 0 Å². The number of piperidine rings is 1. The first-order chi connectivity index (χ1) is 8.34. The second-order valence-corrected chi connectivity index (χ2v) is 5.80. The number of likely N-dealkylation sites (tertiary alicyclic amines) is 1. The first kappa shape index (κ1) is 13.0. The van der Waals surface area contributed by atoms with E-state index < -0.39 is 0 Å². The van der Waals surface area contributed by atoms with Crippen LogP contribution in [0, 0.1) is 5.92 Å². The Bertz CT molecular complexity index is 294. The van der Waals surface area contributed by atoms with E-state index in [0.717, 1.165) is 19.0 Å². The lowest BCUT2D eigenvalue weighted by atomic mass is 10.1. The highest BCUT2D eigenvalue weighted by Crippen LogP contribution is 2.10. The Morgan fingerprint density at radius 1 is 1.41 bits per heavy atom. The Balaban J connectivity index is 1.58. The summed E-state index contributed by atoms with van der Waals surface area (Å²) in [5.41, 5.74) is 3.06. The van der Waals surface area contributed by atoms with E-state index in [1.807, 2.05) is 5.51 Å². The zero-order valence-electron chi connectivity index (χ0n) is 10.7. The average molecular weight is 253 g/mol. The summed E-state index contributed by atoms with van der Waals surface area (Å²) in [4.78, 5) is 6.88. The van der Waals surface area contributed by atoms with Gasteiger partial charge in [-0.1, -0.05) is 13.3 Å². The number of aromatic nitrogens is 1. The van der Waals surface area contributed by atoms with Crippen LogP contribution in [0.4, 0.5) is 0 Å². The molecule has 96 valence electrons. The minimum Gasteiger partial charge on any atom is -0.311 e. The van der Waals surface area contributed by atoms with Gasteiger partial charge in [0.25, 0.3) is 0 Å². The van der Waals surface area contributed by atoms with Crippen molar-refractivity contribution in [3.8, 4) is 0 Å². The molecule has 1 aliphatic heterocycles. The Morgan fingerprint density at radius 3 is 2.94 bits per heavy atom. The van der Waals surface area contributed by atoms with Crippen molar-refractivity contribution in [3.63, 3.8) is 0 Å². The standard InChI is InChI=1S/C13H23N3S/c1-12(9-16-5-3-2-4-6-16)7-14-8-13-10-17-11-15-13/h10-12,14H,2-9H2,1H3. The van der Waals surface area contributed by atoms with Gasteiger partial charge in [-0.25, -0.2) is 4.98 Å². The van der Waals surface area contributed by atoms with E-state index in [2.05, 4.69) is 27.5 Å². The van der Waals surface area contributed by atoms with Crippen molar-refractivity contribution in [3.05, 3.63) is 16.6 Å². The molecule has 0 aromatic carbocycles. The smallest absolute Gasteiger partial charge is 0.0795 e. The molecular weight excluding hydrogens is 230 g/mol. The van der Waals surface area contributed by atoms with Crippen LogP contribution in [0.25, 0.3) is 0 Å². The maximum absolute atomic E-state index is 4.27. The summed E-state index contributed by atoms with van der Waals surface area (Å²) in [7, 11) is 0. The van der Waals surface area contributed by atoms with Crippen LogP contribution < -0.4 is 5.32 Å². The molecule has 0 saturated carbocycles. The first-order valence-corrected chi connectivity index (χ1v) is 7.59. The van der Waals surface area contributed by atoms with Gasteiger partial charge < -0.3 is 10.2 Å². The number of nitrogens with one attached hydrogen (secondary N) is 1. The predicted octanol–water partition coefficient (Wildman–Crippen LogP) is 2.35. The van der Waals surface area contributed by atoms with Crippen LogP contribution in [0.3, 0.4) is 0 Å². The molecule has 0 amide bonds. The van der Waals surface area contributed by atoms with Gasteiger partial charge in [-0.3, -0.25) is 0 Å². The Morgan fingerprint density at radius 2 is 2.24 bits per heavy atom. The largest absolute Gasteiger partial charge is 0.311 e. The fraction of sp³-hybridized carbons (Fsp3) is 0.769. The summed E-state index contributed by atoms with van der Waals surface area (Å²) in [6, 6.07) is 0. The van der Waals surface area contributed by atoms with Crippen LogP contribution in [-0.2, 0) is 6.54 Å². The second-order valence-electron chi connectivity index (χ2n) is 5.08. The molecule has 0 aliphatic carbocycles. The van der Waals surface area contributed by atoms with Crippen LogP contribution >= 0.6 is 11.3 Å². The van der Waals surface area contributed by atoms with Crippen LogP contribution in [0.1, 0.15) is 31.9 Å². The summed E-state index contributed by atoms with van der Waals surface area (Å²) in [6.07, 6.45) is 4.20. The van der Waals surface area contributed by atoms with Crippen molar-refractivity contribution in [1.82, 2.24) is 15.2 Å². The predicted molar refractivity (Wildman–Crippen MR) is 73.3 cm³/mol. The fourth-order valence-corrected chi connectivity index (χ4v) is 2.98. The monoisotopic (exact) mass is 253 g/mol. The van der Waals surface area contributed by atoms with E-state index in [0.29, 0.717) is 0 Å². The van der Waals surface area contributed by atoms with Gasteiger partial charge in [0.1, 0.15) is 0 Å². The van der Waals surface area contributed by atoms with Crippen molar-refractivity contribution in [2.75, 3.05) is 26.2 Å². The summed E-state index contributed by atoms with van der Waals surface area (Å²) in [6.45, 7) is 8.18. The van der Waals surface area contributed by atoms with E-state index in [-0.39, 0.29) is 0 Å². The van der Waals surface area contributed by atoms with Gasteiger partial charge in [0.05, 0.1) is 11.2 Å². The Hall–Kier alpha value is -0.450. The lowest BCUT2D eigenvalue weighted by molar-refractivity contribution is 0.199. The molecule has 1 fully saturated rings. The van der Waals surface area contributed by atoms with Crippen LogP contribution in [-0.4, -0.2) is 36.1 Å². The number of rotatable bonds is 6. The number of thiazole rings is 1. The third kappa shape index (κ3) is 4.74. The lowest BCUT2D eigenvalue weighted by Gasteiger charge is -2.29. The normalized spacial score (nSPS) is 19.4. The molecular formula is C13H23N3S. The van der Waals surface area contributed by atoms with Gasteiger partial charge in [-0.05, 0) is 38.4 Å². The van der Waals surface area contributed by atoms with Gasteiger partial charge in [0.2, 0.25) is 0 Å². The van der Waals surface area contributed by atoms with Crippen LogP contribution in [0.5, 0.6) is 0 Å². The van der Waals surface area contributed by atoms with Crippen LogP contribution in [0.15, 0.2) is 10.9 Å².